The fourth-order valence-electron chi connectivity index (χ4n) is 1.84. The van der Waals surface area contributed by atoms with Crippen molar-refractivity contribution < 1.29 is 18.0 Å². The van der Waals surface area contributed by atoms with Crippen LogP contribution in [0.5, 0.6) is 0 Å². The zero-order valence-corrected chi connectivity index (χ0v) is 11.8. The van der Waals surface area contributed by atoms with E-state index >= 15 is 0 Å². The zero-order valence-electron chi connectivity index (χ0n) is 11.0. The smallest absolute Gasteiger partial charge is 0.370 e. The summed E-state index contributed by atoms with van der Waals surface area (Å²) in [5.74, 6) is -0.530. The van der Waals surface area contributed by atoms with E-state index in [4.69, 9.17) is 11.5 Å². The van der Waals surface area contributed by atoms with Crippen LogP contribution in [0, 0.1) is 0 Å². The molecule has 0 fully saturated rings. The van der Waals surface area contributed by atoms with Gasteiger partial charge in [-0.1, -0.05) is 0 Å². The van der Waals surface area contributed by atoms with E-state index in [-0.39, 0.29) is 6.42 Å². The molecule has 0 saturated heterocycles. The molecule has 0 aliphatic heterocycles. The maximum absolute atomic E-state index is 12.6. The van der Waals surface area contributed by atoms with Gasteiger partial charge in [0.15, 0.2) is 5.69 Å². The molecule has 114 valence electrons. The van der Waals surface area contributed by atoms with Crippen molar-refractivity contribution in [2.75, 3.05) is 0 Å². The van der Waals surface area contributed by atoms with Crippen molar-refractivity contribution in [1.82, 2.24) is 9.78 Å². The van der Waals surface area contributed by atoms with E-state index in [1.54, 1.807) is 12.1 Å². The Bertz CT molecular complexity index is 662. The van der Waals surface area contributed by atoms with Gasteiger partial charge in [0.2, 0.25) is 5.91 Å². The molecule has 0 aliphatic rings. The molecule has 1 unspecified atom stereocenters. The van der Waals surface area contributed by atoms with Crippen LogP contribution >= 0.6 is 11.3 Å². The molecule has 1 amide bonds. The molecule has 0 saturated carbocycles. The topological polar surface area (TPSA) is 86.9 Å². The van der Waals surface area contributed by atoms with Gasteiger partial charge in [0.25, 0.3) is 0 Å². The maximum atomic E-state index is 12.6. The molecule has 0 aliphatic carbocycles. The lowest BCUT2D eigenvalue weighted by molar-refractivity contribution is -0.141. The third-order valence-electron chi connectivity index (χ3n) is 2.84. The normalized spacial score (nSPS) is 13.4. The minimum absolute atomic E-state index is 0.0147. The number of rotatable bonds is 4. The molecule has 2 aromatic heterocycles. The number of aromatic nitrogens is 2. The van der Waals surface area contributed by atoms with Crippen LogP contribution in [0.25, 0.3) is 10.6 Å². The molecule has 1 atom stereocenters. The highest BCUT2D eigenvalue weighted by Gasteiger charge is 2.34. The van der Waals surface area contributed by atoms with Gasteiger partial charge in [-0.3, -0.25) is 9.48 Å². The standard InChI is InChI=1S/C12H13F3N4OS/c1-19-7(5-10(18-19)12(13,14)15)9-3-2-8(21-9)6(16)4-11(17)20/h2-3,5-6H,4,16H2,1H3,(H2,17,20). The Kier molecular flexibility index (Phi) is 4.06. The Morgan fingerprint density at radius 1 is 1.48 bits per heavy atom. The van der Waals surface area contributed by atoms with Crippen LogP contribution in [0.1, 0.15) is 23.0 Å². The van der Waals surface area contributed by atoms with Gasteiger partial charge in [0, 0.05) is 24.4 Å². The summed E-state index contributed by atoms with van der Waals surface area (Å²) in [5.41, 5.74) is 10.3. The summed E-state index contributed by atoms with van der Waals surface area (Å²) < 4.78 is 39.1. The SMILES string of the molecule is Cn1nc(C(F)(F)F)cc1-c1ccc(C(N)CC(N)=O)s1. The number of halogens is 3. The van der Waals surface area contributed by atoms with Crippen molar-refractivity contribution >= 4 is 17.2 Å². The van der Waals surface area contributed by atoms with Gasteiger partial charge in [-0.05, 0) is 18.2 Å². The van der Waals surface area contributed by atoms with Crippen molar-refractivity contribution in [2.45, 2.75) is 18.6 Å². The average molecular weight is 318 g/mol. The highest BCUT2D eigenvalue weighted by molar-refractivity contribution is 7.15. The lowest BCUT2D eigenvalue weighted by Crippen LogP contribution is -2.19. The Morgan fingerprint density at radius 2 is 2.14 bits per heavy atom. The first-order valence-electron chi connectivity index (χ1n) is 5.93. The summed E-state index contributed by atoms with van der Waals surface area (Å²) in [5, 5.41) is 3.45. The van der Waals surface area contributed by atoms with E-state index in [0.29, 0.717) is 15.4 Å². The second kappa shape index (κ2) is 5.49. The van der Waals surface area contributed by atoms with E-state index in [1.165, 1.54) is 18.4 Å². The molecule has 0 bridgehead atoms. The Labute approximate surface area is 122 Å². The van der Waals surface area contributed by atoms with E-state index in [9.17, 15) is 18.0 Å². The summed E-state index contributed by atoms with van der Waals surface area (Å²) in [7, 11) is 1.44. The molecular weight excluding hydrogens is 305 g/mol. The van der Waals surface area contributed by atoms with Gasteiger partial charge >= 0.3 is 6.18 Å². The predicted octanol–water partition coefficient (Wildman–Crippen LogP) is 2.04. The Hall–Kier alpha value is -1.87. The molecule has 2 heterocycles. The number of nitrogens with two attached hydrogens (primary N) is 2. The number of amides is 1. The average Bonchev–Trinajstić information content (AvgIpc) is 2.92. The lowest BCUT2D eigenvalue weighted by Gasteiger charge is -2.05. The van der Waals surface area contributed by atoms with E-state index in [0.717, 1.165) is 10.7 Å². The van der Waals surface area contributed by atoms with Crippen LogP contribution in [-0.2, 0) is 18.0 Å². The van der Waals surface area contributed by atoms with Crippen LogP contribution in [0.2, 0.25) is 0 Å². The summed E-state index contributed by atoms with van der Waals surface area (Å²) in [4.78, 5) is 12.1. The number of aryl methyl sites for hydroxylation is 1. The number of alkyl halides is 3. The number of nitrogens with zero attached hydrogens (tertiary/aromatic N) is 2. The first-order chi connectivity index (χ1) is 9.68. The third kappa shape index (κ3) is 3.42. The predicted molar refractivity (Wildman–Crippen MR) is 72.3 cm³/mol. The highest BCUT2D eigenvalue weighted by atomic mass is 32.1. The van der Waals surface area contributed by atoms with Gasteiger partial charge in [0.1, 0.15) is 0 Å². The molecular formula is C12H13F3N4OS. The second-order valence-corrected chi connectivity index (χ2v) is 5.63. The molecule has 2 rings (SSSR count). The summed E-state index contributed by atoms with van der Waals surface area (Å²) in [6.45, 7) is 0. The van der Waals surface area contributed by atoms with Crippen molar-refractivity contribution in [3.63, 3.8) is 0 Å². The quantitative estimate of drug-likeness (QED) is 0.904. The number of carbonyl (C=O) groups is 1. The molecule has 5 nitrogen and oxygen atoms in total. The number of thiophene rings is 1. The van der Waals surface area contributed by atoms with Crippen LogP contribution in [0.3, 0.4) is 0 Å². The second-order valence-electron chi connectivity index (χ2n) is 4.52. The van der Waals surface area contributed by atoms with Crippen molar-refractivity contribution in [1.29, 1.82) is 0 Å². The van der Waals surface area contributed by atoms with Crippen LogP contribution in [0.15, 0.2) is 18.2 Å². The van der Waals surface area contributed by atoms with Crippen molar-refractivity contribution in [3.8, 4) is 10.6 Å². The maximum Gasteiger partial charge on any atom is 0.435 e. The molecule has 21 heavy (non-hydrogen) atoms. The number of primary amides is 1. The van der Waals surface area contributed by atoms with Crippen molar-refractivity contribution in [3.05, 3.63) is 28.8 Å². The third-order valence-corrected chi connectivity index (χ3v) is 4.08. The lowest BCUT2D eigenvalue weighted by atomic mass is 10.2. The Balaban J connectivity index is 2.30. The fourth-order valence-corrected chi connectivity index (χ4v) is 2.90. The van der Waals surface area contributed by atoms with E-state index in [2.05, 4.69) is 5.10 Å². The minimum atomic E-state index is -4.49. The van der Waals surface area contributed by atoms with Crippen LogP contribution in [-0.4, -0.2) is 15.7 Å². The summed E-state index contributed by atoms with van der Waals surface area (Å²) in [6.07, 6.45) is -4.50. The van der Waals surface area contributed by atoms with E-state index in [1.807, 2.05) is 0 Å². The van der Waals surface area contributed by atoms with Gasteiger partial charge < -0.3 is 11.5 Å². The summed E-state index contributed by atoms with van der Waals surface area (Å²) in [6, 6.07) is 3.75. The molecule has 0 radical (unpaired) electrons. The number of hydrogen-bond acceptors (Lipinski definition) is 4. The first kappa shape index (κ1) is 15.5. The van der Waals surface area contributed by atoms with Crippen LogP contribution in [0.4, 0.5) is 13.2 Å². The van der Waals surface area contributed by atoms with Crippen LogP contribution < -0.4 is 11.5 Å². The molecule has 2 aromatic rings. The molecule has 9 heteroatoms. The van der Waals surface area contributed by atoms with Gasteiger partial charge in [0.05, 0.1) is 10.6 Å². The molecule has 0 aromatic carbocycles. The molecule has 0 spiro atoms. The number of hydrogen-bond donors (Lipinski definition) is 2. The Morgan fingerprint density at radius 3 is 2.67 bits per heavy atom. The van der Waals surface area contributed by atoms with Crippen molar-refractivity contribution in [2.24, 2.45) is 18.5 Å². The zero-order chi connectivity index (χ0) is 15.8. The largest absolute Gasteiger partial charge is 0.435 e. The monoisotopic (exact) mass is 318 g/mol. The van der Waals surface area contributed by atoms with Gasteiger partial charge in [-0.15, -0.1) is 11.3 Å². The fraction of sp³-hybridized carbons (Fsp3) is 0.333. The van der Waals surface area contributed by atoms with E-state index < -0.39 is 23.8 Å². The molecule has 4 N–H and O–H groups in total. The first-order valence-corrected chi connectivity index (χ1v) is 6.75. The summed E-state index contributed by atoms with van der Waals surface area (Å²) >= 11 is 1.21. The minimum Gasteiger partial charge on any atom is -0.370 e. The van der Waals surface area contributed by atoms with Gasteiger partial charge in [-0.25, -0.2) is 0 Å². The van der Waals surface area contributed by atoms with Gasteiger partial charge in [-0.2, -0.15) is 18.3 Å². The number of carbonyl (C=O) groups excluding carboxylic acids is 1. The highest BCUT2D eigenvalue weighted by Crippen LogP contribution is 2.35.